The van der Waals surface area contributed by atoms with Crippen molar-refractivity contribution in [2.24, 2.45) is 40.4 Å². The first-order valence-electron chi connectivity index (χ1n) is 12.0. The SMILES string of the molecule is C=C(C)C(=C)C=CC(=C)[C@H]1CC[C@H]2[C@@H]3CCC4CCCC[C@]4(C)[C@H]3CC[C@]12C. The minimum atomic E-state index is 0.463. The van der Waals surface area contributed by atoms with Crippen LogP contribution >= 0.6 is 0 Å². The summed E-state index contributed by atoms with van der Waals surface area (Å²) < 4.78 is 0. The molecule has 28 heavy (non-hydrogen) atoms. The second-order valence-electron chi connectivity index (χ2n) is 11.3. The lowest BCUT2D eigenvalue weighted by molar-refractivity contribution is -0.108. The molecule has 4 saturated carbocycles. The van der Waals surface area contributed by atoms with Crippen LogP contribution in [0, 0.1) is 40.4 Å². The lowest BCUT2D eigenvalue weighted by atomic mass is 9.44. The third kappa shape index (κ3) is 3.10. The molecule has 0 aliphatic heterocycles. The van der Waals surface area contributed by atoms with Crippen molar-refractivity contribution in [3.05, 3.63) is 48.6 Å². The zero-order valence-corrected chi connectivity index (χ0v) is 18.7. The quantitative estimate of drug-likeness (QED) is 0.432. The lowest BCUT2D eigenvalue weighted by Crippen LogP contribution is -2.52. The Balaban J connectivity index is 1.53. The molecule has 4 rings (SSSR count). The van der Waals surface area contributed by atoms with E-state index in [4.69, 9.17) is 0 Å². The Hall–Kier alpha value is -1.04. The van der Waals surface area contributed by atoms with Crippen molar-refractivity contribution in [2.45, 2.75) is 85.0 Å². The van der Waals surface area contributed by atoms with Gasteiger partial charge in [0.25, 0.3) is 0 Å². The van der Waals surface area contributed by atoms with Crippen molar-refractivity contribution in [2.75, 3.05) is 0 Å². The van der Waals surface area contributed by atoms with Gasteiger partial charge in [0.1, 0.15) is 0 Å². The first kappa shape index (κ1) is 20.2. The van der Waals surface area contributed by atoms with Crippen LogP contribution in [0.1, 0.15) is 85.0 Å². The van der Waals surface area contributed by atoms with E-state index < -0.39 is 0 Å². The highest BCUT2D eigenvalue weighted by Crippen LogP contribution is 2.68. The standard InChI is InChI=1S/C28H42/c1-19(2)20(3)10-11-21(4)24-14-15-25-23-13-12-22-9-7-8-17-27(22,5)26(23)16-18-28(24,25)6/h10-11,22-26H,1,3-4,7-9,12-18H2,2,5-6H3/t22?,23-,24+,25-,26-,27-,28+/m0/s1. The van der Waals surface area contributed by atoms with E-state index >= 15 is 0 Å². The van der Waals surface area contributed by atoms with Crippen LogP contribution in [0.4, 0.5) is 0 Å². The number of allylic oxidation sites excluding steroid dienone is 5. The van der Waals surface area contributed by atoms with E-state index in [1.807, 2.05) is 6.92 Å². The molecule has 0 aromatic carbocycles. The highest BCUT2D eigenvalue weighted by molar-refractivity contribution is 5.38. The van der Waals surface area contributed by atoms with Gasteiger partial charge in [-0.25, -0.2) is 0 Å². The predicted octanol–water partition coefficient (Wildman–Crippen LogP) is 8.28. The third-order valence-corrected chi connectivity index (χ3v) is 10.1. The molecule has 0 heteroatoms. The maximum absolute atomic E-state index is 4.53. The Kier molecular flexibility index (Phi) is 5.30. The summed E-state index contributed by atoms with van der Waals surface area (Å²) in [5.74, 6) is 4.57. The maximum Gasteiger partial charge on any atom is -0.0111 e. The fourth-order valence-electron chi connectivity index (χ4n) is 8.37. The van der Waals surface area contributed by atoms with E-state index in [2.05, 4.69) is 45.7 Å². The predicted molar refractivity (Wildman–Crippen MR) is 122 cm³/mol. The Morgan fingerprint density at radius 1 is 0.786 bits per heavy atom. The van der Waals surface area contributed by atoms with E-state index in [0.29, 0.717) is 16.7 Å². The van der Waals surface area contributed by atoms with Gasteiger partial charge in [-0.2, -0.15) is 0 Å². The van der Waals surface area contributed by atoms with Crippen molar-refractivity contribution in [1.82, 2.24) is 0 Å². The summed E-state index contributed by atoms with van der Waals surface area (Å²) in [6, 6.07) is 0. The van der Waals surface area contributed by atoms with E-state index in [0.717, 1.165) is 34.8 Å². The largest absolute Gasteiger partial charge is 0.0955 e. The highest BCUT2D eigenvalue weighted by Gasteiger charge is 2.59. The Labute approximate surface area is 174 Å². The van der Waals surface area contributed by atoms with Crippen molar-refractivity contribution in [3.8, 4) is 0 Å². The molecule has 7 atom stereocenters. The van der Waals surface area contributed by atoms with Gasteiger partial charge in [0.05, 0.1) is 0 Å². The molecule has 1 unspecified atom stereocenters. The molecule has 0 heterocycles. The Morgan fingerprint density at radius 2 is 1.54 bits per heavy atom. The van der Waals surface area contributed by atoms with Crippen LogP contribution < -0.4 is 0 Å². The molecule has 0 nitrogen and oxygen atoms in total. The second kappa shape index (κ2) is 7.33. The molecule has 154 valence electrons. The average Bonchev–Trinajstić information content (AvgIpc) is 3.02. The molecule has 4 aliphatic rings. The van der Waals surface area contributed by atoms with Gasteiger partial charge < -0.3 is 0 Å². The molecule has 0 amide bonds. The summed E-state index contributed by atoms with van der Waals surface area (Å²) in [4.78, 5) is 0. The highest BCUT2D eigenvalue weighted by atomic mass is 14.6. The second-order valence-corrected chi connectivity index (χ2v) is 11.3. The van der Waals surface area contributed by atoms with Crippen molar-refractivity contribution < 1.29 is 0 Å². The molecule has 0 saturated heterocycles. The van der Waals surface area contributed by atoms with Crippen molar-refractivity contribution in [1.29, 1.82) is 0 Å². The van der Waals surface area contributed by atoms with Gasteiger partial charge >= 0.3 is 0 Å². The summed E-state index contributed by atoms with van der Waals surface area (Å²) in [5, 5.41) is 0. The Morgan fingerprint density at radius 3 is 2.29 bits per heavy atom. The monoisotopic (exact) mass is 378 g/mol. The zero-order valence-electron chi connectivity index (χ0n) is 18.7. The summed E-state index contributed by atoms with van der Waals surface area (Å²) in [6.45, 7) is 20.0. The fraction of sp³-hybridized carbons (Fsp3) is 0.714. The molecule has 0 aromatic rings. The number of fused-ring (bicyclic) bond motifs is 5. The van der Waals surface area contributed by atoms with Crippen LogP contribution in [0.5, 0.6) is 0 Å². The molecular formula is C28H42. The number of rotatable bonds is 4. The van der Waals surface area contributed by atoms with E-state index in [1.54, 1.807) is 0 Å². The van der Waals surface area contributed by atoms with Gasteiger partial charge in [-0.05, 0) is 104 Å². The first-order valence-corrected chi connectivity index (χ1v) is 12.0. The molecule has 4 fully saturated rings. The maximum atomic E-state index is 4.53. The normalized spacial score (nSPS) is 45.2. The third-order valence-electron chi connectivity index (χ3n) is 10.1. The summed E-state index contributed by atoms with van der Waals surface area (Å²) in [6.07, 6.45) is 19.0. The molecule has 0 N–H and O–H groups in total. The van der Waals surface area contributed by atoms with E-state index in [-0.39, 0.29) is 0 Å². The lowest BCUT2D eigenvalue weighted by Gasteiger charge is -2.60. The smallest absolute Gasteiger partial charge is 0.0111 e. The minimum absolute atomic E-state index is 0.463. The van der Waals surface area contributed by atoms with Gasteiger partial charge in [0, 0.05) is 0 Å². The van der Waals surface area contributed by atoms with Crippen LogP contribution in [0.3, 0.4) is 0 Å². The zero-order chi connectivity index (χ0) is 20.1. The van der Waals surface area contributed by atoms with Gasteiger partial charge in [-0.3, -0.25) is 0 Å². The van der Waals surface area contributed by atoms with Crippen LogP contribution in [0.25, 0.3) is 0 Å². The first-order chi connectivity index (χ1) is 13.3. The topological polar surface area (TPSA) is 0 Å². The summed E-state index contributed by atoms with van der Waals surface area (Å²) >= 11 is 0. The fourth-order valence-corrected chi connectivity index (χ4v) is 8.37. The minimum Gasteiger partial charge on any atom is -0.0955 e. The van der Waals surface area contributed by atoms with E-state index in [1.165, 1.54) is 69.8 Å². The molecule has 0 spiro atoms. The summed E-state index contributed by atoms with van der Waals surface area (Å²) in [7, 11) is 0. The van der Waals surface area contributed by atoms with Gasteiger partial charge in [0.15, 0.2) is 0 Å². The van der Waals surface area contributed by atoms with Crippen molar-refractivity contribution in [3.63, 3.8) is 0 Å². The average molecular weight is 379 g/mol. The number of hydrogen-bond acceptors (Lipinski definition) is 0. The molecule has 0 bridgehead atoms. The molecule has 0 aromatic heterocycles. The van der Waals surface area contributed by atoms with Crippen LogP contribution in [-0.4, -0.2) is 0 Å². The van der Waals surface area contributed by atoms with Gasteiger partial charge in [0.2, 0.25) is 0 Å². The van der Waals surface area contributed by atoms with E-state index in [9.17, 15) is 0 Å². The summed E-state index contributed by atoms with van der Waals surface area (Å²) in [5.41, 5.74) is 4.54. The Bertz CT molecular complexity index is 693. The van der Waals surface area contributed by atoms with Crippen LogP contribution in [0.15, 0.2) is 48.6 Å². The number of hydrogen-bond donors (Lipinski definition) is 0. The van der Waals surface area contributed by atoms with Crippen LogP contribution in [-0.2, 0) is 0 Å². The molecular weight excluding hydrogens is 336 g/mol. The molecule has 0 radical (unpaired) electrons. The molecule has 4 aliphatic carbocycles. The van der Waals surface area contributed by atoms with Gasteiger partial charge in [-0.1, -0.05) is 69.7 Å². The van der Waals surface area contributed by atoms with Crippen LogP contribution in [0.2, 0.25) is 0 Å². The van der Waals surface area contributed by atoms with Crippen molar-refractivity contribution >= 4 is 0 Å². The van der Waals surface area contributed by atoms with Gasteiger partial charge in [-0.15, -0.1) is 0 Å².